The van der Waals surface area contributed by atoms with Crippen molar-refractivity contribution in [2.75, 3.05) is 13.2 Å². The van der Waals surface area contributed by atoms with E-state index in [0.717, 1.165) is 55.3 Å². The molecule has 1 aromatic heterocycles. The molecule has 5 heteroatoms. The molecule has 2 aromatic carbocycles. The Kier molecular flexibility index (Phi) is 5.42. The first-order valence-corrected chi connectivity index (χ1v) is 9.75. The second kappa shape index (κ2) is 8.30. The monoisotopic (exact) mass is 376 g/mol. The maximum Gasteiger partial charge on any atom is 0.210 e. The largest absolute Gasteiger partial charge is 0.493 e. The molecule has 0 aliphatic carbocycles. The molecule has 0 radical (unpaired) electrons. The molecule has 1 aliphatic rings. The molecule has 1 amide bonds. The number of hydrogen-bond acceptors (Lipinski definition) is 3. The summed E-state index contributed by atoms with van der Waals surface area (Å²) in [6.07, 6.45) is 6.85. The van der Waals surface area contributed by atoms with E-state index in [0.29, 0.717) is 13.0 Å². The number of ether oxygens (including phenoxy) is 1. The Morgan fingerprint density at radius 1 is 1.18 bits per heavy atom. The topological polar surface area (TPSA) is 62.4 Å². The van der Waals surface area contributed by atoms with E-state index in [1.54, 1.807) is 0 Å². The Labute approximate surface area is 164 Å². The van der Waals surface area contributed by atoms with Gasteiger partial charge in [-0.1, -0.05) is 24.3 Å². The van der Waals surface area contributed by atoms with E-state index in [2.05, 4.69) is 35.4 Å². The van der Waals surface area contributed by atoms with E-state index >= 15 is 0 Å². The molecule has 0 spiro atoms. The van der Waals surface area contributed by atoms with Gasteiger partial charge in [0.1, 0.15) is 12.0 Å². The van der Waals surface area contributed by atoms with Crippen molar-refractivity contribution in [3.8, 4) is 5.75 Å². The predicted molar refractivity (Wildman–Crippen MR) is 108 cm³/mol. The number of para-hydroxylation sites is 1. The molecule has 1 unspecified atom stereocenters. The van der Waals surface area contributed by atoms with Gasteiger partial charge in [0, 0.05) is 30.1 Å². The molecule has 0 saturated carbocycles. The number of aromatic nitrogens is 1. The highest BCUT2D eigenvalue weighted by molar-refractivity contribution is 5.83. The highest BCUT2D eigenvalue weighted by Gasteiger charge is 2.27. The van der Waals surface area contributed by atoms with Crippen LogP contribution >= 0.6 is 0 Å². The van der Waals surface area contributed by atoms with Crippen LogP contribution in [0.25, 0.3) is 10.9 Å². The summed E-state index contributed by atoms with van der Waals surface area (Å²) in [6, 6.07) is 14.4. The van der Waals surface area contributed by atoms with Crippen molar-refractivity contribution in [1.82, 2.24) is 9.88 Å². The average Bonchev–Trinajstić information content (AvgIpc) is 3.15. The van der Waals surface area contributed by atoms with Gasteiger partial charge in [-0.2, -0.15) is 0 Å². The SMILES string of the molecule is O=CCCOc1ccc2c(c1)C(CCc1c[nH]c3ccccc13)N(C=O)CC2. The second-order valence-corrected chi connectivity index (χ2v) is 7.17. The lowest BCUT2D eigenvalue weighted by Crippen LogP contribution is -2.34. The summed E-state index contributed by atoms with van der Waals surface area (Å²) in [6.45, 7) is 1.11. The third-order valence-electron chi connectivity index (χ3n) is 5.52. The van der Waals surface area contributed by atoms with Gasteiger partial charge in [-0.15, -0.1) is 0 Å². The lowest BCUT2D eigenvalue weighted by atomic mass is 9.89. The summed E-state index contributed by atoms with van der Waals surface area (Å²) >= 11 is 0. The second-order valence-electron chi connectivity index (χ2n) is 7.17. The molecule has 5 nitrogen and oxygen atoms in total. The Bertz CT molecular complexity index is 979. The Hall–Kier alpha value is -3.08. The molecule has 0 fully saturated rings. The van der Waals surface area contributed by atoms with Crippen LogP contribution in [0.1, 0.15) is 35.6 Å². The lowest BCUT2D eigenvalue weighted by Gasteiger charge is -2.35. The van der Waals surface area contributed by atoms with Crippen molar-refractivity contribution in [1.29, 1.82) is 0 Å². The number of aldehydes is 1. The number of amides is 1. The number of hydrogen-bond donors (Lipinski definition) is 1. The molecule has 4 rings (SSSR count). The number of benzene rings is 2. The van der Waals surface area contributed by atoms with E-state index in [1.807, 2.05) is 23.1 Å². The van der Waals surface area contributed by atoms with E-state index in [4.69, 9.17) is 4.74 Å². The lowest BCUT2D eigenvalue weighted by molar-refractivity contribution is -0.120. The van der Waals surface area contributed by atoms with Gasteiger partial charge in [0.15, 0.2) is 0 Å². The minimum Gasteiger partial charge on any atom is -0.493 e. The molecule has 144 valence electrons. The van der Waals surface area contributed by atoms with Crippen LogP contribution in [0.2, 0.25) is 0 Å². The van der Waals surface area contributed by atoms with Crippen LogP contribution in [0.4, 0.5) is 0 Å². The first-order valence-electron chi connectivity index (χ1n) is 9.75. The fraction of sp³-hybridized carbons (Fsp3) is 0.304. The number of nitrogens with one attached hydrogen (secondary N) is 1. The highest BCUT2D eigenvalue weighted by atomic mass is 16.5. The summed E-state index contributed by atoms with van der Waals surface area (Å²) < 4.78 is 5.69. The molecule has 1 atom stereocenters. The van der Waals surface area contributed by atoms with E-state index in [1.165, 1.54) is 16.5 Å². The maximum atomic E-state index is 11.7. The average molecular weight is 376 g/mol. The van der Waals surface area contributed by atoms with Crippen molar-refractivity contribution in [2.24, 2.45) is 0 Å². The number of carbonyl (C=O) groups excluding carboxylic acids is 2. The van der Waals surface area contributed by atoms with Gasteiger partial charge in [0.25, 0.3) is 0 Å². The van der Waals surface area contributed by atoms with E-state index in [9.17, 15) is 9.59 Å². The van der Waals surface area contributed by atoms with Gasteiger partial charge in [-0.3, -0.25) is 4.79 Å². The normalized spacial score (nSPS) is 16.0. The molecule has 2 heterocycles. The maximum absolute atomic E-state index is 11.7. The van der Waals surface area contributed by atoms with Crippen molar-refractivity contribution < 1.29 is 14.3 Å². The fourth-order valence-corrected chi connectivity index (χ4v) is 4.09. The smallest absolute Gasteiger partial charge is 0.210 e. The zero-order chi connectivity index (χ0) is 19.3. The van der Waals surface area contributed by atoms with Crippen LogP contribution in [-0.4, -0.2) is 35.7 Å². The van der Waals surface area contributed by atoms with Crippen LogP contribution in [0.15, 0.2) is 48.7 Å². The van der Waals surface area contributed by atoms with Crippen molar-refractivity contribution >= 4 is 23.6 Å². The summed E-state index contributed by atoms with van der Waals surface area (Å²) in [5.41, 5.74) is 4.83. The predicted octanol–water partition coefficient (Wildman–Crippen LogP) is 3.82. The van der Waals surface area contributed by atoms with Gasteiger partial charge < -0.3 is 19.4 Å². The standard InChI is InChI=1S/C23H24N2O3/c26-12-3-13-28-19-8-6-17-10-11-25(16-27)23(21(17)14-19)9-7-18-15-24-22-5-2-1-4-20(18)22/h1-2,4-6,8,12,14-16,23-24H,3,7,9-11,13H2. The molecular formula is C23H24N2O3. The van der Waals surface area contributed by atoms with Gasteiger partial charge in [-0.05, 0) is 54.2 Å². The molecule has 1 aliphatic heterocycles. The number of rotatable bonds is 8. The Morgan fingerprint density at radius 3 is 2.93 bits per heavy atom. The third-order valence-corrected chi connectivity index (χ3v) is 5.52. The molecule has 3 aromatic rings. The van der Waals surface area contributed by atoms with Crippen molar-refractivity contribution in [3.63, 3.8) is 0 Å². The summed E-state index contributed by atoms with van der Waals surface area (Å²) in [5.74, 6) is 0.755. The van der Waals surface area contributed by atoms with Crippen LogP contribution in [-0.2, 0) is 22.4 Å². The number of H-pyrrole nitrogens is 1. The van der Waals surface area contributed by atoms with Crippen LogP contribution in [0.3, 0.4) is 0 Å². The van der Waals surface area contributed by atoms with Gasteiger partial charge in [-0.25, -0.2) is 0 Å². The number of carbonyl (C=O) groups is 2. The summed E-state index contributed by atoms with van der Waals surface area (Å²) in [7, 11) is 0. The summed E-state index contributed by atoms with van der Waals surface area (Å²) in [4.78, 5) is 27.4. The zero-order valence-electron chi connectivity index (χ0n) is 15.8. The Morgan fingerprint density at radius 2 is 2.07 bits per heavy atom. The first-order chi connectivity index (χ1) is 13.8. The van der Waals surface area contributed by atoms with Crippen molar-refractivity contribution in [2.45, 2.75) is 31.7 Å². The summed E-state index contributed by atoms with van der Waals surface area (Å²) in [5, 5.41) is 1.24. The quantitative estimate of drug-likeness (QED) is 0.480. The number of aromatic amines is 1. The van der Waals surface area contributed by atoms with Gasteiger partial charge in [0.05, 0.1) is 12.6 Å². The minimum atomic E-state index is 0.0320. The molecule has 0 saturated heterocycles. The van der Waals surface area contributed by atoms with E-state index in [-0.39, 0.29) is 6.04 Å². The number of nitrogens with zero attached hydrogens (tertiary/aromatic N) is 1. The molecule has 28 heavy (non-hydrogen) atoms. The Balaban J connectivity index is 1.57. The number of aryl methyl sites for hydroxylation is 1. The fourth-order valence-electron chi connectivity index (χ4n) is 4.09. The number of fused-ring (bicyclic) bond motifs is 2. The first kappa shape index (κ1) is 18.3. The van der Waals surface area contributed by atoms with Crippen LogP contribution < -0.4 is 4.74 Å². The molecule has 0 bridgehead atoms. The van der Waals surface area contributed by atoms with Crippen LogP contribution in [0, 0.1) is 0 Å². The molecular weight excluding hydrogens is 352 g/mol. The zero-order valence-corrected chi connectivity index (χ0v) is 15.8. The third kappa shape index (κ3) is 3.65. The van der Waals surface area contributed by atoms with Crippen LogP contribution in [0.5, 0.6) is 5.75 Å². The van der Waals surface area contributed by atoms with E-state index < -0.39 is 0 Å². The highest BCUT2D eigenvalue weighted by Crippen LogP contribution is 2.35. The minimum absolute atomic E-state index is 0.0320. The van der Waals surface area contributed by atoms with Gasteiger partial charge >= 0.3 is 0 Å². The van der Waals surface area contributed by atoms with Crippen molar-refractivity contribution in [3.05, 3.63) is 65.4 Å². The molecule has 1 N–H and O–H groups in total. The van der Waals surface area contributed by atoms with Gasteiger partial charge in [0.2, 0.25) is 6.41 Å².